The fourth-order valence-electron chi connectivity index (χ4n) is 3.27. The summed E-state index contributed by atoms with van der Waals surface area (Å²) in [6, 6.07) is 2.36. The van der Waals surface area contributed by atoms with Crippen LogP contribution < -0.4 is 26.6 Å². The molecule has 1 fully saturated rings. The Balaban J connectivity index is 2.00. The molecule has 1 aromatic heterocycles. The van der Waals surface area contributed by atoms with E-state index in [1.165, 1.54) is 6.07 Å². The molecule has 0 radical (unpaired) electrons. The number of benzene rings is 1. The molecule has 13 heteroatoms. The number of carbonyl (C=O) groups is 3. The van der Waals surface area contributed by atoms with Crippen molar-refractivity contribution in [3.8, 4) is 11.6 Å². The first-order valence-corrected chi connectivity index (χ1v) is 7.74. The first kappa shape index (κ1) is 17.1. The lowest BCUT2D eigenvalue weighted by Crippen LogP contribution is -2.58. The largest absolute Gasteiger partial charge is 0.440 e. The Morgan fingerprint density at radius 1 is 0.964 bits per heavy atom. The summed E-state index contributed by atoms with van der Waals surface area (Å²) in [5.74, 6) is -5.29. The average molecular weight is 387 g/mol. The van der Waals surface area contributed by atoms with Gasteiger partial charge in [0.1, 0.15) is 11.7 Å². The summed E-state index contributed by atoms with van der Waals surface area (Å²) < 4.78 is 5.46. The standard InChI is InChI=1S/C15H9N5O8/c21-10-8(11(22)17-14(24)16-10)7-5-3-4(20(26)27)1-2-6(5)28-13-9(7)12(23)18-15(25)19-13/h1-3,7-8H,(H2,18,19,23,25)(H2,16,17,21,22,24). The van der Waals surface area contributed by atoms with Crippen molar-refractivity contribution in [2.75, 3.05) is 0 Å². The lowest BCUT2D eigenvalue weighted by Gasteiger charge is -2.32. The van der Waals surface area contributed by atoms with E-state index in [4.69, 9.17) is 4.74 Å². The molecule has 142 valence electrons. The Morgan fingerprint density at radius 3 is 2.29 bits per heavy atom. The minimum Gasteiger partial charge on any atom is -0.440 e. The van der Waals surface area contributed by atoms with Crippen molar-refractivity contribution in [1.82, 2.24) is 20.6 Å². The highest BCUT2D eigenvalue weighted by molar-refractivity contribution is 6.17. The molecule has 0 aliphatic carbocycles. The number of nitro groups is 1. The number of nitrogens with zero attached hydrogens (tertiary/aromatic N) is 1. The number of H-pyrrole nitrogens is 2. The summed E-state index contributed by atoms with van der Waals surface area (Å²) in [7, 11) is 0. The molecule has 0 saturated carbocycles. The van der Waals surface area contributed by atoms with Gasteiger partial charge in [-0.2, -0.15) is 0 Å². The fourth-order valence-corrected chi connectivity index (χ4v) is 3.27. The predicted molar refractivity (Wildman–Crippen MR) is 87.9 cm³/mol. The summed E-state index contributed by atoms with van der Waals surface area (Å²) in [4.78, 5) is 74.8. The van der Waals surface area contributed by atoms with Gasteiger partial charge in [0.25, 0.3) is 11.2 Å². The number of hydrogen-bond acceptors (Lipinski definition) is 8. The van der Waals surface area contributed by atoms with Gasteiger partial charge in [-0.1, -0.05) is 0 Å². The second kappa shape index (κ2) is 5.87. The minimum absolute atomic E-state index is 0.00171. The molecule has 3 heterocycles. The highest BCUT2D eigenvalue weighted by Crippen LogP contribution is 2.46. The van der Waals surface area contributed by atoms with Crippen LogP contribution in [0.1, 0.15) is 17.0 Å². The molecule has 1 atom stereocenters. The molecule has 1 aromatic carbocycles. The van der Waals surface area contributed by atoms with Gasteiger partial charge < -0.3 is 4.74 Å². The van der Waals surface area contributed by atoms with Crippen molar-refractivity contribution in [3.05, 3.63) is 60.3 Å². The van der Waals surface area contributed by atoms with E-state index in [1.807, 2.05) is 15.6 Å². The zero-order valence-electron chi connectivity index (χ0n) is 13.6. The van der Waals surface area contributed by atoms with Gasteiger partial charge in [-0.15, -0.1) is 0 Å². The van der Waals surface area contributed by atoms with E-state index in [0.717, 1.165) is 12.1 Å². The molecule has 4 amide bonds. The topological polar surface area (TPSA) is 193 Å². The molecule has 2 aromatic rings. The predicted octanol–water partition coefficient (Wildman–Crippen LogP) is -0.809. The quantitative estimate of drug-likeness (QED) is 0.292. The van der Waals surface area contributed by atoms with E-state index in [2.05, 4.69) is 4.98 Å². The fraction of sp³-hybridized carbons (Fsp3) is 0.133. The maximum absolute atomic E-state index is 12.4. The molecule has 2 aliphatic heterocycles. The second-order valence-electron chi connectivity index (χ2n) is 6.00. The van der Waals surface area contributed by atoms with Gasteiger partial charge >= 0.3 is 11.7 Å². The van der Waals surface area contributed by atoms with Crippen molar-refractivity contribution in [2.24, 2.45) is 5.92 Å². The third-order valence-corrected chi connectivity index (χ3v) is 4.38. The molecular formula is C15H9N5O8. The number of fused-ring (bicyclic) bond motifs is 2. The second-order valence-corrected chi connectivity index (χ2v) is 6.00. The van der Waals surface area contributed by atoms with E-state index in [-0.39, 0.29) is 28.4 Å². The van der Waals surface area contributed by atoms with Crippen LogP contribution >= 0.6 is 0 Å². The number of nitro benzene ring substituents is 1. The van der Waals surface area contributed by atoms with E-state index in [1.54, 1.807) is 0 Å². The number of hydrogen-bond donors (Lipinski definition) is 4. The molecule has 4 N–H and O–H groups in total. The van der Waals surface area contributed by atoms with Crippen molar-refractivity contribution >= 4 is 23.5 Å². The van der Waals surface area contributed by atoms with Gasteiger partial charge in [-0.3, -0.25) is 45.1 Å². The average Bonchev–Trinajstić information content (AvgIpc) is 2.59. The lowest BCUT2D eigenvalue weighted by molar-refractivity contribution is -0.385. The van der Waals surface area contributed by atoms with Crippen LogP contribution in [0.3, 0.4) is 0 Å². The lowest BCUT2D eigenvalue weighted by atomic mass is 9.78. The van der Waals surface area contributed by atoms with Crippen LogP contribution in [0.15, 0.2) is 27.8 Å². The SMILES string of the molecule is O=C1NC(=O)C(C2c3cc([N+](=O)[O-])ccc3Oc3[nH]c(=O)[nH]c(=O)c32)C(=O)N1. The summed E-state index contributed by atoms with van der Waals surface area (Å²) in [6.07, 6.45) is 0. The summed E-state index contributed by atoms with van der Waals surface area (Å²) >= 11 is 0. The molecule has 2 aliphatic rings. The van der Waals surface area contributed by atoms with Gasteiger partial charge in [0.05, 0.1) is 10.5 Å². The van der Waals surface area contributed by atoms with E-state index in [0.29, 0.717) is 0 Å². The Kier molecular flexibility index (Phi) is 3.59. The smallest absolute Gasteiger partial charge is 0.328 e. The highest BCUT2D eigenvalue weighted by atomic mass is 16.6. The normalized spacial score (nSPS) is 18.4. The summed E-state index contributed by atoms with van der Waals surface area (Å²) in [5, 5.41) is 15.0. The van der Waals surface area contributed by atoms with Crippen LogP contribution in [-0.2, 0) is 9.59 Å². The molecular weight excluding hydrogens is 378 g/mol. The van der Waals surface area contributed by atoms with Crippen molar-refractivity contribution < 1.29 is 24.0 Å². The van der Waals surface area contributed by atoms with Crippen molar-refractivity contribution in [1.29, 1.82) is 0 Å². The third kappa shape index (κ3) is 2.53. The number of non-ortho nitro benzene ring substituents is 1. The molecule has 1 saturated heterocycles. The van der Waals surface area contributed by atoms with Crippen LogP contribution in [0.4, 0.5) is 10.5 Å². The molecule has 0 bridgehead atoms. The number of nitrogens with one attached hydrogen (secondary N) is 4. The van der Waals surface area contributed by atoms with Gasteiger partial charge in [0.2, 0.25) is 17.7 Å². The minimum atomic E-state index is -1.62. The Labute approximate surface area is 152 Å². The van der Waals surface area contributed by atoms with Crippen LogP contribution in [0, 0.1) is 16.0 Å². The molecule has 1 unspecified atom stereocenters. The van der Waals surface area contributed by atoms with E-state index >= 15 is 0 Å². The molecule has 13 nitrogen and oxygen atoms in total. The van der Waals surface area contributed by atoms with Gasteiger partial charge in [-0.25, -0.2) is 9.59 Å². The molecule has 28 heavy (non-hydrogen) atoms. The molecule has 4 rings (SSSR count). The zero-order valence-corrected chi connectivity index (χ0v) is 13.6. The number of ether oxygens (including phenoxy) is 1. The maximum atomic E-state index is 12.4. The van der Waals surface area contributed by atoms with Gasteiger partial charge in [0, 0.05) is 23.6 Å². The van der Waals surface area contributed by atoms with Crippen LogP contribution in [0.25, 0.3) is 0 Å². The number of barbiturate groups is 1. The Morgan fingerprint density at radius 2 is 1.64 bits per heavy atom. The Hall–Kier alpha value is -4.29. The number of amides is 4. The van der Waals surface area contributed by atoms with Crippen LogP contribution in [0.5, 0.6) is 11.6 Å². The maximum Gasteiger partial charge on any atom is 0.328 e. The van der Waals surface area contributed by atoms with Gasteiger partial charge in [-0.05, 0) is 6.07 Å². The first-order valence-electron chi connectivity index (χ1n) is 7.74. The number of imide groups is 2. The number of aromatic nitrogens is 2. The van der Waals surface area contributed by atoms with E-state index < -0.39 is 45.9 Å². The summed E-state index contributed by atoms with van der Waals surface area (Å²) in [5.41, 5.74) is -2.48. The highest BCUT2D eigenvalue weighted by Gasteiger charge is 2.47. The Bertz CT molecular complexity index is 1180. The number of rotatable bonds is 2. The number of aromatic amines is 2. The zero-order chi connectivity index (χ0) is 20.2. The third-order valence-electron chi connectivity index (χ3n) is 4.38. The molecule has 0 spiro atoms. The van der Waals surface area contributed by atoms with E-state index in [9.17, 15) is 34.1 Å². The van der Waals surface area contributed by atoms with Crippen molar-refractivity contribution in [3.63, 3.8) is 0 Å². The number of carbonyl (C=O) groups excluding carboxylic acids is 3. The number of urea groups is 1. The van der Waals surface area contributed by atoms with Gasteiger partial charge in [0.15, 0.2) is 0 Å². The van der Waals surface area contributed by atoms with Crippen LogP contribution in [-0.4, -0.2) is 32.7 Å². The van der Waals surface area contributed by atoms with Crippen molar-refractivity contribution in [2.45, 2.75) is 5.92 Å². The monoisotopic (exact) mass is 387 g/mol. The summed E-state index contributed by atoms with van der Waals surface area (Å²) in [6.45, 7) is 0. The van der Waals surface area contributed by atoms with Crippen LogP contribution in [0.2, 0.25) is 0 Å². The first-order chi connectivity index (χ1) is 13.3.